The number of fused-ring (bicyclic) bond motifs is 7. The topological polar surface area (TPSA) is 54.8 Å². The first-order valence-electron chi connectivity index (χ1n) is 13.2. The van der Waals surface area contributed by atoms with Crippen molar-refractivity contribution >= 4 is 43.7 Å². The minimum atomic E-state index is 0.413. The van der Waals surface area contributed by atoms with Crippen molar-refractivity contribution in [3.05, 3.63) is 133 Å². The summed E-state index contributed by atoms with van der Waals surface area (Å²) in [5.74, 6) is 0. The fourth-order valence-corrected chi connectivity index (χ4v) is 6.06. The number of furan rings is 1. The van der Waals surface area contributed by atoms with Crippen molar-refractivity contribution in [1.82, 2.24) is 9.55 Å². The maximum absolute atomic E-state index is 9.80. The van der Waals surface area contributed by atoms with Crippen LogP contribution >= 0.6 is 0 Å². The van der Waals surface area contributed by atoms with E-state index in [2.05, 4.69) is 101 Å². The van der Waals surface area contributed by atoms with E-state index in [1.54, 1.807) is 6.20 Å². The molecular weight excluding hydrogens is 490 g/mol. The molecule has 5 aromatic carbocycles. The second kappa shape index (κ2) is 8.69. The molecule has 4 nitrogen and oxygen atoms in total. The Morgan fingerprint density at radius 1 is 0.575 bits per heavy atom. The Hall–Kier alpha value is -5.66. The molecule has 0 unspecified atom stereocenters. The Labute approximate surface area is 230 Å². The molecule has 0 N–H and O–H groups in total. The minimum Gasteiger partial charge on any atom is -0.455 e. The van der Waals surface area contributed by atoms with E-state index >= 15 is 0 Å². The molecule has 3 heterocycles. The SMILES string of the molecule is N#Cc1ncccc1-c1ccccc1-c1ccccc1-n1c2ccccc2c2c3oc4ccccc4c3ccc21. The van der Waals surface area contributed by atoms with Gasteiger partial charge in [0, 0.05) is 33.5 Å². The molecule has 3 aromatic heterocycles. The van der Waals surface area contributed by atoms with Crippen molar-refractivity contribution in [3.63, 3.8) is 0 Å². The number of nitriles is 1. The van der Waals surface area contributed by atoms with Gasteiger partial charge in [-0.2, -0.15) is 5.26 Å². The second-order valence-corrected chi connectivity index (χ2v) is 9.86. The monoisotopic (exact) mass is 511 g/mol. The van der Waals surface area contributed by atoms with Gasteiger partial charge >= 0.3 is 0 Å². The van der Waals surface area contributed by atoms with Gasteiger partial charge in [0.15, 0.2) is 0 Å². The van der Waals surface area contributed by atoms with E-state index in [1.807, 2.05) is 36.4 Å². The summed E-state index contributed by atoms with van der Waals surface area (Å²) < 4.78 is 8.82. The third-order valence-electron chi connectivity index (χ3n) is 7.75. The van der Waals surface area contributed by atoms with Gasteiger partial charge in [0.05, 0.1) is 22.1 Å². The first kappa shape index (κ1) is 22.3. The zero-order valence-corrected chi connectivity index (χ0v) is 21.4. The molecule has 0 saturated heterocycles. The number of hydrogen-bond donors (Lipinski definition) is 0. The van der Waals surface area contributed by atoms with Crippen molar-refractivity contribution in [3.8, 4) is 34.0 Å². The highest BCUT2D eigenvalue weighted by atomic mass is 16.3. The molecule has 0 spiro atoms. The van der Waals surface area contributed by atoms with Gasteiger partial charge in [-0.3, -0.25) is 0 Å². The summed E-state index contributed by atoms with van der Waals surface area (Å²) in [5, 5.41) is 14.3. The molecule has 0 radical (unpaired) electrons. The van der Waals surface area contributed by atoms with Crippen molar-refractivity contribution in [2.24, 2.45) is 0 Å². The van der Waals surface area contributed by atoms with Crippen LogP contribution in [0, 0.1) is 11.3 Å². The highest BCUT2D eigenvalue weighted by Crippen LogP contribution is 2.43. The molecule has 0 aliphatic carbocycles. The highest BCUT2D eigenvalue weighted by Gasteiger charge is 2.21. The molecule has 0 aliphatic heterocycles. The fraction of sp³-hybridized carbons (Fsp3) is 0. The molecule has 0 saturated carbocycles. The molecule has 8 aromatic rings. The van der Waals surface area contributed by atoms with E-state index in [9.17, 15) is 5.26 Å². The molecule has 0 fully saturated rings. The molecule has 0 atom stereocenters. The lowest BCUT2D eigenvalue weighted by Crippen LogP contribution is -1.98. The summed E-state index contributed by atoms with van der Waals surface area (Å²) in [4.78, 5) is 4.33. The lowest BCUT2D eigenvalue weighted by Gasteiger charge is -2.17. The Balaban J connectivity index is 1.47. The van der Waals surface area contributed by atoms with E-state index in [-0.39, 0.29) is 0 Å². The summed E-state index contributed by atoms with van der Waals surface area (Å²) in [5.41, 5.74) is 9.35. The van der Waals surface area contributed by atoms with Crippen LogP contribution in [0.1, 0.15) is 5.69 Å². The van der Waals surface area contributed by atoms with Crippen LogP contribution in [0.4, 0.5) is 0 Å². The predicted octanol–water partition coefficient (Wildman–Crippen LogP) is 9.28. The number of rotatable bonds is 3. The Kier molecular flexibility index (Phi) is 4.85. The van der Waals surface area contributed by atoms with Gasteiger partial charge in [-0.25, -0.2) is 4.98 Å². The van der Waals surface area contributed by atoms with Crippen LogP contribution in [0.3, 0.4) is 0 Å². The quantitative estimate of drug-likeness (QED) is 0.237. The van der Waals surface area contributed by atoms with Gasteiger partial charge in [0.1, 0.15) is 22.9 Å². The van der Waals surface area contributed by atoms with Crippen LogP contribution in [0.25, 0.3) is 71.7 Å². The van der Waals surface area contributed by atoms with E-state index in [4.69, 9.17) is 4.42 Å². The summed E-state index contributed by atoms with van der Waals surface area (Å²) in [6.45, 7) is 0. The zero-order chi connectivity index (χ0) is 26.6. The normalized spacial score (nSPS) is 11.5. The number of aromatic nitrogens is 2. The first-order chi connectivity index (χ1) is 19.8. The lowest BCUT2D eigenvalue weighted by molar-refractivity contribution is 0.673. The molecule has 4 heteroatoms. The Morgan fingerprint density at radius 3 is 2.10 bits per heavy atom. The van der Waals surface area contributed by atoms with Crippen molar-refractivity contribution in [2.75, 3.05) is 0 Å². The van der Waals surface area contributed by atoms with Gasteiger partial charge in [-0.05, 0) is 53.6 Å². The number of pyridine rings is 1. The van der Waals surface area contributed by atoms with E-state index < -0.39 is 0 Å². The van der Waals surface area contributed by atoms with E-state index in [0.717, 1.165) is 71.7 Å². The maximum atomic E-state index is 9.80. The van der Waals surface area contributed by atoms with Crippen LogP contribution in [0.5, 0.6) is 0 Å². The predicted molar refractivity (Wildman–Crippen MR) is 161 cm³/mol. The average Bonchev–Trinajstić information content (AvgIpc) is 3.57. The largest absolute Gasteiger partial charge is 0.455 e. The molecule has 40 heavy (non-hydrogen) atoms. The summed E-state index contributed by atoms with van der Waals surface area (Å²) in [7, 11) is 0. The number of nitrogens with zero attached hydrogens (tertiary/aromatic N) is 3. The zero-order valence-electron chi connectivity index (χ0n) is 21.4. The van der Waals surface area contributed by atoms with Crippen molar-refractivity contribution in [2.45, 2.75) is 0 Å². The minimum absolute atomic E-state index is 0.413. The molecule has 0 bridgehead atoms. The number of hydrogen-bond acceptors (Lipinski definition) is 3. The van der Waals surface area contributed by atoms with Crippen molar-refractivity contribution in [1.29, 1.82) is 5.26 Å². The molecule has 8 rings (SSSR count). The standard InChI is InChI=1S/C36H21N3O/c37-22-30-25(15-9-21-38-30)23-10-1-2-11-24(23)26-12-3-6-16-31(26)39-32-17-7-4-14-29(32)35-33(39)20-19-28-27-13-5-8-18-34(27)40-36(28)35/h1-21H. The Morgan fingerprint density at radius 2 is 1.25 bits per heavy atom. The maximum Gasteiger partial charge on any atom is 0.148 e. The fourth-order valence-electron chi connectivity index (χ4n) is 6.06. The Bertz CT molecular complexity index is 2300. The molecular formula is C36H21N3O. The molecule has 0 aliphatic rings. The first-order valence-corrected chi connectivity index (χ1v) is 13.2. The van der Waals surface area contributed by atoms with Crippen LogP contribution in [-0.2, 0) is 0 Å². The smallest absolute Gasteiger partial charge is 0.148 e. The lowest BCUT2D eigenvalue weighted by atomic mass is 9.93. The number of para-hydroxylation sites is 3. The van der Waals surface area contributed by atoms with Crippen LogP contribution in [0.15, 0.2) is 132 Å². The third-order valence-corrected chi connectivity index (χ3v) is 7.75. The summed E-state index contributed by atoms with van der Waals surface area (Å²) >= 11 is 0. The number of benzene rings is 5. The van der Waals surface area contributed by atoms with Crippen molar-refractivity contribution < 1.29 is 4.42 Å². The van der Waals surface area contributed by atoms with Crippen LogP contribution in [-0.4, -0.2) is 9.55 Å². The van der Waals surface area contributed by atoms with Crippen LogP contribution in [0.2, 0.25) is 0 Å². The van der Waals surface area contributed by atoms with E-state index in [0.29, 0.717) is 5.69 Å². The third kappa shape index (κ3) is 3.15. The van der Waals surface area contributed by atoms with Gasteiger partial charge in [0.2, 0.25) is 0 Å². The second-order valence-electron chi connectivity index (χ2n) is 9.86. The van der Waals surface area contributed by atoms with E-state index in [1.165, 1.54) is 0 Å². The summed E-state index contributed by atoms with van der Waals surface area (Å²) in [6, 6.07) is 43.9. The summed E-state index contributed by atoms with van der Waals surface area (Å²) in [6.07, 6.45) is 1.66. The highest BCUT2D eigenvalue weighted by molar-refractivity contribution is 6.24. The molecule has 0 amide bonds. The molecule has 186 valence electrons. The van der Waals surface area contributed by atoms with Gasteiger partial charge in [0.25, 0.3) is 0 Å². The average molecular weight is 512 g/mol. The van der Waals surface area contributed by atoms with Crippen LogP contribution < -0.4 is 0 Å². The van der Waals surface area contributed by atoms with Gasteiger partial charge < -0.3 is 8.98 Å². The van der Waals surface area contributed by atoms with Gasteiger partial charge in [-0.15, -0.1) is 0 Å². The van der Waals surface area contributed by atoms with Gasteiger partial charge in [-0.1, -0.05) is 78.9 Å².